The van der Waals surface area contributed by atoms with Crippen LogP contribution in [0.3, 0.4) is 0 Å². The van der Waals surface area contributed by atoms with Gasteiger partial charge in [-0.05, 0) is 36.1 Å². The summed E-state index contributed by atoms with van der Waals surface area (Å²) < 4.78 is 0. The largest absolute Gasteiger partial charge is 0.301 e. The van der Waals surface area contributed by atoms with Crippen molar-refractivity contribution < 1.29 is 0 Å². The highest BCUT2D eigenvalue weighted by atomic mass is 32.1. The highest BCUT2D eigenvalue weighted by molar-refractivity contribution is 7.80. The summed E-state index contributed by atoms with van der Waals surface area (Å²) in [6, 6.07) is 4.32. The van der Waals surface area contributed by atoms with Gasteiger partial charge < -0.3 is 4.90 Å². The zero-order chi connectivity index (χ0) is 11.3. The molecule has 0 aliphatic rings. The van der Waals surface area contributed by atoms with E-state index in [1.54, 1.807) is 0 Å². The maximum atomic E-state index is 4.42. The number of hydrogen-bond donors (Lipinski definition) is 1. The highest BCUT2D eigenvalue weighted by Crippen LogP contribution is 2.16. The van der Waals surface area contributed by atoms with E-state index in [2.05, 4.69) is 55.9 Å². The Labute approximate surface area is 103 Å². The standard InChI is InChI=1S/C12H21NS2/c1-10(2)11(9-14)7-13(3)8-12-5-4-6-15-12/h4-6,10-11,14H,7-9H2,1-3H3. The van der Waals surface area contributed by atoms with Crippen molar-refractivity contribution in [2.24, 2.45) is 11.8 Å². The van der Waals surface area contributed by atoms with Gasteiger partial charge in [-0.2, -0.15) is 12.6 Å². The third kappa shape index (κ3) is 4.58. The van der Waals surface area contributed by atoms with E-state index in [0.29, 0.717) is 11.8 Å². The Morgan fingerprint density at radius 2 is 2.20 bits per heavy atom. The first kappa shape index (κ1) is 13.1. The average Bonchev–Trinajstić information content (AvgIpc) is 2.66. The summed E-state index contributed by atoms with van der Waals surface area (Å²) in [6.07, 6.45) is 0. The van der Waals surface area contributed by atoms with E-state index >= 15 is 0 Å². The van der Waals surface area contributed by atoms with E-state index in [-0.39, 0.29) is 0 Å². The second kappa shape index (κ2) is 6.56. The molecule has 15 heavy (non-hydrogen) atoms. The van der Waals surface area contributed by atoms with Gasteiger partial charge in [-0.1, -0.05) is 19.9 Å². The van der Waals surface area contributed by atoms with Crippen LogP contribution in [0.25, 0.3) is 0 Å². The molecular formula is C12H21NS2. The number of nitrogens with zero attached hydrogens (tertiary/aromatic N) is 1. The molecule has 1 rings (SSSR count). The van der Waals surface area contributed by atoms with Crippen LogP contribution in [-0.4, -0.2) is 24.2 Å². The lowest BCUT2D eigenvalue weighted by Crippen LogP contribution is -2.29. The molecule has 0 saturated carbocycles. The Hall–Kier alpha value is 0.01000. The normalized spacial score (nSPS) is 13.7. The van der Waals surface area contributed by atoms with Crippen molar-refractivity contribution in [2.75, 3.05) is 19.3 Å². The maximum absolute atomic E-state index is 4.42. The van der Waals surface area contributed by atoms with Crippen molar-refractivity contribution in [3.05, 3.63) is 22.4 Å². The molecule has 0 aliphatic heterocycles. The summed E-state index contributed by atoms with van der Waals surface area (Å²) in [5, 5.41) is 2.14. The fraction of sp³-hybridized carbons (Fsp3) is 0.667. The van der Waals surface area contributed by atoms with Crippen LogP contribution in [0.1, 0.15) is 18.7 Å². The number of hydrogen-bond acceptors (Lipinski definition) is 3. The molecule has 1 heterocycles. The van der Waals surface area contributed by atoms with Crippen molar-refractivity contribution in [2.45, 2.75) is 20.4 Å². The summed E-state index contributed by atoms with van der Waals surface area (Å²) in [5.41, 5.74) is 0. The lowest BCUT2D eigenvalue weighted by Gasteiger charge is -2.25. The lowest BCUT2D eigenvalue weighted by molar-refractivity contribution is 0.248. The molecule has 0 spiro atoms. The predicted octanol–water partition coefficient (Wildman–Crippen LogP) is 3.38. The van der Waals surface area contributed by atoms with E-state index in [1.165, 1.54) is 4.88 Å². The van der Waals surface area contributed by atoms with E-state index in [4.69, 9.17) is 0 Å². The third-order valence-corrected chi connectivity index (χ3v) is 4.06. The topological polar surface area (TPSA) is 3.24 Å². The molecule has 1 atom stereocenters. The van der Waals surface area contributed by atoms with Crippen molar-refractivity contribution in [3.8, 4) is 0 Å². The molecule has 0 radical (unpaired) electrons. The second-order valence-electron chi connectivity index (χ2n) is 4.46. The Balaban J connectivity index is 2.37. The monoisotopic (exact) mass is 243 g/mol. The lowest BCUT2D eigenvalue weighted by atomic mass is 9.97. The van der Waals surface area contributed by atoms with Gasteiger partial charge in [-0.15, -0.1) is 11.3 Å². The van der Waals surface area contributed by atoms with E-state index in [9.17, 15) is 0 Å². The van der Waals surface area contributed by atoms with Gasteiger partial charge in [-0.3, -0.25) is 0 Å². The summed E-state index contributed by atoms with van der Waals surface area (Å²) in [6.45, 7) is 6.76. The van der Waals surface area contributed by atoms with Crippen LogP contribution in [0.2, 0.25) is 0 Å². The quantitative estimate of drug-likeness (QED) is 0.750. The molecule has 0 bridgehead atoms. The van der Waals surface area contributed by atoms with Crippen LogP contribution >= 0.6 is 24.0 Å². The molecule has 0 fully saturated rings. The molecule has 0 aromatic carbocycles. The molecule has 86 valence electrons. The Morgan fingerprint density at radius 1 is 1.47 bits per heavy atom. The van der Waals surface area contributed by atoms with Crippen LogP contribution in [0.5, 0.6) is 0 Å². The minimum Gasteiger partial charge on any atom is -0.301 e. The van der Waals surface area contributed by atoms with Crippen molar-refractivity contribution in [1.82, 2.24) is 4.90 Å². The number of thiophene rings is 1. The highest BCUT2D eigenvalue weighted by Gasteiger charge is 2.14. The molecule has 0 amide bonds. The summed E-state index contributed by atoms with van der Waals surface area (Å²) in [5.74, 6) is 2.39. The fourth-order valence-corrected chi connectivity index (χ4v) is 2.93. The molecule has 1 aromatic heterocycles. The molecule has 1 aromatic rings. The molecule has 1 nitrogen and oxygen atoms in total. The van der Waals surface area contributed by atoms with E-state index in [1.807, 2.05) is 11.3 Å². The predicted molar refractivity (Wildman–Crippen MR) is 72.8 cm³/mol. The molecular weight excluding hydrogens is 222 g/mol. The summed E-state index contributed by atoms with van der Waals surface area (Å²) in [4.78, 5) is 3.84. The van der Waals surface area contributed by atoms with Gasteiger partial charge in [0.15, 0.2) is 0 Å². The van der Waals surface area contributed by atoms with Crippen LogP contribution in [0, 0.1) is 11.8 Å². The van der Waals surface area contributed by atoms with Gasteiger partial charge >= 0.3 is 0 Å². The molecule has 0 saturated heterocycles. The maximum Gasteiger partial charge on any atom is 0.0324 e. The van der Waals surface area contributed by atoms with Gasteiger partial charge in [-0.25, -0.2) is 0 Å². The first-order chi connectivity index (χ1) is 7.13. The third-order valence-electron chi connectivity index (χ3n) is 2.73. The van der Waals surface area contributed by atoms with E-state index in [0.717, 1.165) is 18.8 Å². The molecule has 1 unspecified atom stereocenters. The fourth-order valence-electron chi connectivity index (χ4n) is 1.61. The van der Waals surface area contributed by atoms with Gasteiger partial charge in [0.2, 0.25) is 0 Å². The Bertz CT molecular complexity index is 257. The van der Waals surface area contributed by atoms with Gasteiger partial charge in [0.25, 0.3) is 0 Å². The Kier molecular flexibility index (Phi) is 5.72. The van der Waals surface area contributed by atoms with Gasteiger partial charge in [0.1, 0.15) is 0 Å². The van der Waals surface area contributed by atoms with E-state index < -0.39 is 0 Å². The summed E-state index contributed by atoms with van der Waals surface area (Å²) >= 11 is 6.25. The van der Waals surface area contributed by atoms with Crippen molar-refractivity contribution >= 4 is 24.0 Å². The van der Waals surface area contributed by atoms with Crippen LogP contribution in [0.4, 0.5) is 0 Å². The van der Waals surface area contributed by atoms with Crippen LogP contribution < -0.4 is 0 Å². The van der Waals surface area contributed by atoms with Crippen LogP contribution in [-0.2, 0) is 6.54 Å². The molecule has 3 heteroatoms. The summed E-state index contributed by atoms with van der Waals surface area (Å²) in [7, 11) is 2.19. The number of thiol groups is 1. The molecule has 0 N–H and O–H groups in total. The Morgan fingerprint density at radius 3 is 2.67 bits per heavy atom. The zero-order valence-corrected chi connectivity index (χ0v) is 11.5. The van der Waals surface area contributed by atoms with Gasteiger partial charge in [0, 0.05) is 18.0 Å². The first-order valence-electron chi connectivity index (χ1n) is 5.45. The van der Waals surface area contributed by atoms with Crippen molar-refractivity contribution in [1.29, 1.82) is 0 Å². The molecule has 0 aliphatic carbocycles. The SMILES string of the molecule is CC(C)C(CS)CN(C)Cc1cccs1. The van der Waals surface area contributed by atoms with Crippen LogP contribution in [0.15, 0.2) is 17.5 Å². The minimum atomic E-state index is 0.693. The van der Waals surface area contributed by atoms with Crippen molar-refractivity contribution in [3.63, 3.8) is 0 Å². The minimum absolute atomic E-state index is 0.693. The smallest absolute Gasteiger partial charge is 0.0324 e. The second-order valence-corrected chi connectivity index (χ2v) is 5.86. The van der Waals surface area contributed by atoms with Gasteiger partial charge in [0.05, 0.1) is 0 Å². The zero-order valence-electron chi connectivity index (χ0n) is 9.81. The number of rotatable bonds is 6. The first-order valence-corrected chi connectivity index (χ1v) is 6.96. The average molecular weight is 243 g/mol.